The Bertz CT molecular complexity index is 882. The molecule has 0 aromatic heterocycles. The summed E-state index contributed by atoms with van der Waals surface area (Å²) in [5, 5.41) is 0. The van der Waals surface area contributed by atoms with Gasteiger partial charge in [0, 0.05) is 34.3 Å². The summed E-state index contributed by atoms with van der Waals surface area (Å²) >= 11 is 0. The number of carbonyl (C=O) groups excluding carboxylic acids is 4. The van der Waals surface area contributed by atoms with Crippen molar-refractivity contribution in [2.75, 3.05) is 20.3 Å². The second-order valence-electron chi connectivity index (χ2n) is 8.24. The number of hydrogen-bond donors (Lipinski definition) is 0. The fraction of sp³-hybridized carbons (Fsp3) is 0.600. The van der Waals surface area contributed by atoms with Gasteiger partial charge in [0.25, 0.3) is 0 Å². The zero-order chi connectivity index (χ0) is 26.7. The second kappa shape index (κ2) is 14.4. The van der Waals surface area contributed by atoms with Crippen LogP contribution in [0.2, 0.25) is 0 Å². The number of aryl methyl sites for hydroxylation is 1. The Labute approximate surface area is 210 Å². The van der Waals surface area contributed by atoms with E-state index >= 15 is 0 Å². The fourth-order valence-corrected chi connectivity index (χ4v) is 3.75. The number of methoxy groups -OCH3 is 1. The normalized spacial score (nSPS) is 23.3. The van der Waals surface area contributed by atoms with Crippen LogP contribution >= 0.6 is 0 Å². The van der Waals surface area contributed by atoms with Crippen molar-refractivity contribution in [1.29, 1.82) is 0 Å². The van der Waals surface area contributed by atoms with Crippen molar-refractivity contribution >= 4 is 23.9 Å². The molecule has 0 saturated carbocycles. The third kappa shape index (κ3) is 9.46. The summed E-state index contributed by atoms with van der Waals surface area (Å²) in [5.74, 6) is -1.85. The Morgan fingerprint density at radius 1 is 0.778 bits per heavy atom. The van der Waals surface area contributed by atoms with Gasteiger partial charge in [-0.2, -0.15) is 0 Å². The van der Waals surface area contributed by atoms with E-state index in [0.29, 0.717) is 6.42 Å². The van der Waals surface area contributed by atoms with Crippen molar-refractivity contribution in [3.05, 3.63) is 29.8 Å². The Kier molecular flexibility index (Phi) is 11.6. The Balaban J connectivity index is 2.11. The molecule has 11 heteroatoms. The molecule has 1 aliphatic heterocycles. The lowest BCUT2D eigenvalue weighted by Crippen LogP contribution is -2.63. The molecule has 1 aromatic carbocycles. The van der Waals surface area contributed by atoms with Gasteiger partial charge in [-0.1, -0.05) is 12.1 Å². The zero-order valence-corrected chi connectivity index (χ0v) is 21.2. The van der Waals surface area contributed by atoms with Crippen LogP contribution < -0.4 is 4.74 Å². The third-order valence-electron chi connectivity index (χ3n) is 5.25. The van der Waals surface area contributed by atoms with Crippen LogP contribution in [0.15, 0.2) is 24.3 Å². The molecule has 1 aromatic rings. The Morgan fingerprint density at radius 2 is 1.36 bits per heavy atom. The van der Waals surface area contributed by atoms with Crippen molar-refractivity contribution in [3.8, 4) is 5.75 Å². The van der Waals surface area contributed by atoms with E-state index in [4.69, 9.17) is 33.2 Å². The monoisotopic (exact) mass is 510 g/mol. The van der Waals surface area contributed by atoms with E-state index in [1.165, 1.54) is 27.7 Å². The topological polar surface area (TPSA) is 133 Å². The van der Waals surface area contributed by atoms with Gasteiger partial charge >= 0.3 is 23.9 Å². The molecule has 36 heavy (non-hydrogen) atoms. The summed E-state index contributed by atoms with van der Waals surface area (Å²) in [6.07, 6.45) is -3.59. The number of unbranched alkanes of at least 4 members (excludes halogenated alkanes) is 1. The number of ether oxygens (including phenoxy) is 7. The highest BCUT2D eigenvalue weighted by atomic mass is 16.7. The molecule has 0 bridgehead atoms. The van der Waals surface area contributed by atoms with Crippen LogP contribution in [0.1, 0.15) is 46.1 Å². The number of carbonyl (C=O) groups is 4. The molecule has 0 spiro atoms. The van der Waals surface area contributed by atoms with E-state index in [0.717, 1.165) is 24.2 Å². The molecule has 0 N–H and O–H groups in total. The van der Waals surface area contributed by atoms with Gasteiger partial charge in [0.2, 0.25) is 0 Å². The predicted octanol–water partition coefficient (Wildman–Crippen LogP) is 2.12. The smallest absolute Gasteiger partial charge is 0.303 e. The van der Waals surface area contributed by atoms with E-state index in [1.54, 1.807) is 7.11 Å². The first-order valence-corrected chi connectivity index (χ1v) is 11.7. The van der Waals surface area contributed by atoms with E-state index in [9.17, 15) is 19.2 Å². The van der Waals surface area contributed by atoms with Crippen LogP contribution in [0.5, 0.6) is 5.75 Å². The van der Waals surface area contributed by atoms with Crippen LogP contribution in [0.25, 0.3) is 0 Å². The van der Waals surface area contributed by atoms with E-state index in [1.807, 2.05) is 24.3 Å². The molecule has 2 rings (SSSR count). The Morgan fingerprint density at radius 3 is 1.92 bits per heavy atom. The van der Waals surface area contributed by atoms with Gasteiger partial charge in [-0.25, -0.2) is 0 Å². The largest absolute Gasteiger partial charge is 0.497 e. The molecular formula is C25H34O11. The molecule has 1 fully saturated rings. The first-order chi connectivity index (χ1) is 17.1. The number of esters is 4. The number of hydrogen-bond acceptors (Lipinski definition) is 11. The fourth-order valence-electron chi connectivity index (χ4n) is 3.75. The van der Waals surface area contributed by atoms with E-state index in [-0.39, 0.29) is 13.2 Å². The molecular weight excluding hydrogens is 476 g/mol. The van der Waals surface area contributed by atoms with Gasteiger partial charge < -0.3 is 33.2 Å². The van der Waals surface area contributed by atoms with Gasteiger partial charge in [-0.15, -0.1) is 0 Å². The molecule has 5 atom stereocenters. The minimum atomic E-state index is -1.24. The molecule has 0 amide bonds. The lowest BCUT2D eigenvalue weighted by molar-refractivity contribution is -0.308. The van der Waals surface area contributed by atoms with Crippen LogP contribution in [-0.2, 0) is 54.0 Å². The van der Waals surface area contributed by atoms with Gasteiger partial charge in [-0.05, 0) is 37.0 Å². The maximum atomic E-state index is 11.9. The average Bonchev–Trinajstić information content (AvgIpc) is 2.80. The quantitative estimate of drug-likeness (QED) is 0.233. The van der Waals surface area contributed by atoms with Gasteiger partial charge in [0.05, 0.1) is 7.11 Å². The maximum absolute atomic E-state index is 11.9. The van der Waals surface area contributed by atoms with Gasteiger partial charge in [0.1, 0.15) is 18.5 Å². The van der Waals surface area contributed by atoms with E-state index < -0.39 is 54.6 Å². The summed E-state index contributed by atoms with van der Waals surface area (Å²) in [6.45, 7) is 4.68. The minimum absolute atomic E-state index is 0.240. The molecule has 200 valence electrons. The third-order valence-corrected chi connectivity index (χ3v) is 5.25. The van der Waals surface area contributed by atoms with Crippen molar-refractivity contribution < 1.29 is 52.3 Å². The molecule has 1 heterocycles. The molecule has 0 radical (unpaired) electrons. The molecule has 1 aliphatic rings. The van der Waals surface area contributed by atoms with Crippen LogP contribution in [0, 0.1) is 0 Å². The van der Waals surface area contributed by atoms with Gasteiger partial charge in [-0.3, -0.25) is 19.2 Å². The molecule has 1 saturated heterocycles. The SMILES string of the molecule is COc1ccc(CCCCO[C@@H]2O[C@H](COC(C)=O)[C@@H](OC(C)=O)[C@H](OC(C)=O)[C@H]2OC(C)=O)cc1. The molecule has 0 aliphatic carbocycles. The zero-order valence-electron chi connectivity index (χ0n) is 21.2. The summed E-state index contributed by atoms with van der Waals surface area (Å²) in [6, 6.07) is 7.75. The first-order valence-electron chi connectivity index (χ1n) is 11.7. The highest BCUT2D eigenvalue weighted by Gasteiger charge is 2.52. The number of rotatable bonds is 12. The highest BCUT2D eigenvalue weighted by Crippen LogP contribution is 2.30. The van der Waals surface area contributed by atoms with Crippen molar-refractivity contribution in [3.63, 3.8) is 0 Å². The summed E-state index contributed by atoms with van der Waals surface area (Å²) in [7, 11) is 1.61. The van der Waals surface area contributed by atoms with Crippen molar-refractivity contribution in [2.45, 2.75) is 77.7 Å². The predicted molar refractivity (Wildman–Crippen MR) is 124 cm³/mol. The summed E-state index contributed by atoms with van der Waals surface area (Å²) < 4.78 is 38.1. The lowest BCUT2D eigenvalue weighted by atomic mass is 9.98. The van der Waals surface area contributed by atoms with Crippen molar-refractivity contribution in [2.24, 2.45) is 0 Å². The molecule has 11 nitrogen and oxygen atoms in total. The number of benzene rings is 1. The van der Waals surface area contributed by atoms with Gasteiger partial charge in [0.15, 0.2) is 24.6 Å². The lowest BCUT2D eigenvalue weighted by Gasteiger charge is -2.44. The van der Waals surface area contributed by atoms with Crippen LogP contribution in [0.4, 0.5) is 0 Å². The molecule has 0 unspecified atom stereocenters. The van der Waals surface area contributed by atoms with Crippen LogP contribution in [-0.4, -0.2) is 74.9 Å². The van der Waals surface area contributed by atoms with Crippen LogP contribution in [0.3, 0.4) is 0 Å². The minimum Gasteiger partial charge on any atom is -0.497 e. The van der Waals surface area contributed by atoms with E-state index in [2.05, 4.69) is 0 Å². The first kappa shape index (κ1) is 29.1. The average molecular weight is 511 g/mol. The standard InChI is InChI=1S/C25H34O11/c1-15(26)32-14-21-22(33-16(2)27)23(34-17(3)28)24(35-18(4)29)25(36-21)31-13-7-6-8-19-9-11-20(30-5)12-10-19/h9-12,21-25H,6-8,13-14H2,1-5H3/t21-,22-,23+,24-,25-/m1/s1. The summed E-state index contributed by atoms with van der Waals surface area (Å²) in [5.41, 5.74) is 1.14. The maximum Gasteiger partial charge on any atom is 0.303 e. The van der Waals surface area contributed by atoms with Crippen molar-refractivity contribution in [1.82, 2.24) is 0 Å². The Hall–Kier alpha value is -3.18. The summed E-state index contributed by atoms with van der Waals surface area (Å²) in [4.78, 5) is 46.8. The second-order valence-corrected chi connectivity index (χ2v) is 8.24. The highest BCUT2D eigenvalue weighted by molar-refractivity contribution is 5.68.